The Morgan fingerprint density at radius 3 is 2.59 bits per heavy atom. The fraction of sp³-hybridized carbons (Fsp3) is 0.136. The van der Waals surface area contributed by atoms with Gasteiger partial charge in [-0.1, -0.05) is 30.3 Å². The van der Waals surface area contributed by atoms with Crippen molar-refractivity contribution in [2.75, 3.05) is 5.32 Å². The van der Waals surface area contributed by atoms with Gasteiger partial charge >= 0.3 is 0 Å². The fourth-order valence-electron chi connectivity index (χ4n) is 3.17. The number of carbonyl (C=O) groups is 1. The molecule has 0 aliphatic carbocycles. The summed E-state index contributed by atoms with van der Waals surface area (Å²) in [5, 5.41) is 3.35. The molecule has 29 heavy (non-hydrogen) atoms. The second kappa shape index (κ2) is 7.60. The minimum absolute atomic E-state index is 0.219. The van der Waals surface area contributed by atoms with Gasteiger partial charge in [0.05, 0.1) is 23.1 Å². The highest BCUT2D eigenvalue weighted by Gasteiger charge is 2.20. The van der Waals surface area contributed by atoms with Crippen LogP contribution in [0.5, 0.6) is 0 Å². The number of carbonyl (C=O) groups excluding carboxylic acids is 1. The van der Waals surface area contributed by atoms with Crippen molar-refractivity contribution in [2.24, 2.45) is 0 Å². The molecule has 1 amide bonds. The Balaban J connectivity index is 1.69. The predicted octanol–water partition coefficient (Wildman–Crippen LogP) is 4.51. The number of anilines is 1. The van der Waals surface area contributed by atoms with Gasteiger partial charge in [0.15, 0.2) is 0 Å². The molecule has 0 bridgehead atoms. The topological polar surface area (TPSA) is 64.0 Å². The van der Waals surface area contributed by atoms with Gasteiger partial charge in [0, 0.05) is 5.69 Å². The maximum atomic E-state index is 13.1. The maximum absolute atomic E-state index is 13.1. The molecular weight excluding hydrogens is 389 g/mol. The summed E-state index contributed by atoms with van der Waals surface area (Å²) in [6, 6.07) is 13.5. The number of benzene rings is 2. The molecule has 0 fully saturated rings. The van der Waals surface area contributed by atoms with Crippen LogP contribution in [0.25, 0.3) is 10.2 Å². The van der Waals surface area contributed by atoms with E-state index in [0.717, 1.165) is 16.8 Å². The molecule has 146 valence electrons. The smallest absolute Gasteiger partial charge is 0.266 e. The quantitative estimate of drug-likeness (QED) is 0.541. The zero-order valence-electron chi connectivity index (χ0n) is 15.9. The third kappa shape index (κ3) is 3.69. The fourth-order valence-corrected chi connectivity index (χ4v) is 4.20. The largest absolute Gasteiger partial charge is 0.321 e. The molecule has 0 saturated carbocycles. The molecule has 0 aliphatic heterocycles. The molecule has 4 aromatic rings. The first-order valence-electron chi connectivity index (χ1n) is 9.04. The van der Waals surface area contributed by atoms with Gasteiger partial charge in [0.25, 0.3) is 11.5 Å². The maximum Gasteiger partial charge on any atom is 0.266 e. The molecule has 1 N–H and O–H groups in total. The van der Waals surface area contributed by atoms with Crippen LogP contribution in [-0.2, 0) is 6.54 Å². The van der Waals surface area contributed by atoms with E-state index in [1.54, 1.807) is 19.1 Å². The summed E-state index contributed by atoms with van der Waals surface area (Å²) in [4.78, 5) is 31.2. The molecule has 5 nitrogen and oxygen atoms in total. The first-order chi connectivity index (χ1) is 13.9. The Labute approximate surface area is 170 Å². The molecule has 2 aromatic carbocycles. The van der Waals surface area contributed by atoms with Crippen molar-refractivity contribution >= 4 is 33.1 Å². The van der Waals surface area contributed by atoms with Gasteiger partial charge in [0.2, 0.25) is 0 Å². The predicted molar refractivity (Wildman–Crippen MR) is 113 cm³/mol. The summed E-state index contributed by atoms with van der Waals surface area (Å²) < 4.78 is 14.6. The normalized spacial score (nSPS) is 11.0. The van der Waals surface area contributed by atoms with E-state index < -0.39 is 0 Å². The van der Waals surface area contributed by atoms with Gasteiger partial charge in [-0.2, -0.15) is 0 Å². The number of aryl methyl sites for hydroxylation is 2. The number of fused-ring (bicyclic) bond motifs is 1. The molecule has 0 spiro atoms. The number of aromatic nitrogens is 2. The summed E-state index contributed by atoms with van der Waals surface area (Å²) >= 11 is 1.20. The lowest BCUT2D eigenvalue weighted by molar-refractivity contribution is 0.103. The molecule has 0 aliphatic rings. The highest BCUT2D eigenvalue weighted by Crippen LogP contribution is 2.28. The highest BCUT2D eigenvalue weighted by atomic mass is 32.1. The van der Waals surface area contributed by atoms with Crippen molar-refractivity contribution in [3.05, 3.63) is 92.6 Å². The van der Waals surface area contributed by atoms with Crippen LogP contribution in [-0.4, -0.2) is 15.5 Å². The average Bonchev–Trinajstić information content (AvgIpc) is 3.05. The van der Waals surface area contributed by atoms with Crippen LogP contribution >= 0.6 is 11.3 Å². The number of halogens is 1. The summed E-state index contributed by atoms with van der Waals surface area (Å²) in [6.45, 7) is 3.96. The van der Waals surface area contributed by atoms with E-state index in [2.05, 4.69) is 10.3 Å². The highest BCUT2D eigenvalue weighted by molar-refractivity contribution is 7.20. The van der Waals surface area contributed by atoms with E-state index in [4.69, 9.17) is 0 Å². The first kappa shape index (κ1) is 19.0. The Kier molecular flexibility index (Phi) is 4.98. The van der Waals surface area contributed by atoms with Crippen LogP contribution in [0.3, 0.4) is 0 Å². The molecule has 0 radical (unpaired) electrons. The van der Waals surface area contributed by atoms with E-state index in [1.165, 1.54) is 34.4 Å². The van der Waals surface area contributed by atoms with Crippen molar-refractivity contribution in [1.82, 2.24) is 9.55 Å². The van der Waals surface area contributed by atoms with Crippen molar-refractivity contribution in [1.29, 1.82) is 0 Å². The minimum atomic E-state index is -0.326. The zero-order chi connectivity index (χ0) is 20.5. The Bertz CT molecular complexity index is 1280. The molecule has 0 atom stereocenters. The zero-order valence-corrected chi connectivity index (χ0v) is 16.7. The average molecular weight is 407 g/mol. The standard InChI is InChI=1S/C22H18FN3O2S/c1-13-5-3-4-6-17(13)25-20(27)19-14(2)18-21(29-19)24-12-26(22(18)28)11-15-7-9-16(23)10-8-15/h3-10,12H,11H2,1-2H3,(H,25,27). The molecule has 4 rings (SSSR count). The first-order valence-corrected chi connectivity index (χ1v) is 9.85. The summed E-state index contributed by atoms with van der Waals surface area (Å²) in [5.41, 5.74) is 2.88. The molecule has 0 saturated heterocycles. The van der Waals surface area contributed by atoms with Gasteiger partial charge in [0.1, 0.15) is 10.6 Å². The lowest BCUT2D eigenvalue weighted by Gasteiger charge is -2.07. The number of hydrogen-bond donors (Lipinski definition) is 1. The van der Waals surface area contributed by atoms with Crippen molar-refractivity contribution in [3.8, 4) is 0 Å². The number of hydrogen-bond acceptors (Lipinski definition) is 4. The number of rotatable bonds is 4. The van der Waals surface area contributed by atoms with Crippen molar-refractivity contribution < 1.29 is 9.18 Å². The Hall–Kier alpha value is -3.32. The van der Waals surface area contributed by atoms with Crippen molar-refractivity contribution in [3.63, 3.8) is 0 Å². The van der Waals surface area contributed by atoms with Gasteiger partial charge in [-0.15, -0.1) is 11.3 Å². The molecule has 2 aromatic heterocycles. The van der Waals surface area contributed by atoms with E-state index in [0.29, 0.717) is 20.7 Å². The van der Waals surface area contributed by atoms with E-state index in [9.17, 15) is 14.0 Å². The number of nitrogens with one attached hydrogen (secondary N) is 1. The Morgan fingerprint density at radius 1 is 1.14 bits per heavy atom. The van der Waals surface area contributed by atoms with Crippen molar-refractivity contribution in [2.45, 2.75) is 20.4 Å². The lowest BCUT2D eigenvalue weighted by atomic mass is 10.1. The third-order valence-electron chi connectivity index (χ3n) is 4.78. The second-order valence-corrected chi connectivity index (χ2v) is 7.81. The van der Waals surface area contributed by atoms with E-state index in [-0.39, 0.29) is 23.8 Å². The summed E-state index contributed by atoms with van der Waals surface area (Å²) in [5.74, 6) is -0.586. The number of amides is 1. The van der Waals surface area contributed by atoms with Gasteiger partial charge < -0.3 is 5.32 Å². The van der Waals surface area contributed by atoms with Crippen LogP contribution in [0.4, 0.5) is 10.1 Å². The van der Waals surface area contributed by atoms with Crippen LogP contribution in [0.1, 0.15) is 26.4 Å². The second-order valence-electron chi connectivity index (χ2n) is 6.81. The van der Waals surface area contributed by atoms with Gasteiger partial charge in [-0.25, -0.2) is 9.37 Å². The van der Waals surface area contributed by atoms with Crippen LogP contribution < -0.4 is 10.9 Å². The summed E-state index contributed by atoms with van der Waals surface area (Å²) in [7, 11) is 0. The van der Waals surface area contributed by atoms with Crippen LogP contribution in [0, 0.1) is 19.7 Å². The Morgan fingerprint density at radius 2 is 1.86 bits per heavy atom. The monoisotopic (exact) mass is 407 g/mol. The summed E-state index contributed by atoms with van der Waals surface area (Å²) in [6.07, 6.45) is 1.47. The molecule has 2 heterocycles. The van der Waals surface area contributed by atoms with Crippen LogP contribution in [0.15, 0.2) is 59.7 Å². The molecule has 7 heteroatoms. The van der Waals surface area contributed by atoms with Gasteiger partial charge in [-0.3, -0.25) is 14.2 Å². The van der Waals surface area contributed by atoms with Crippen LogP contribution in [0.2, 0.25) is 0 Å². The van der Waals surface area contributed by atoms with E-state index >= 15 is 0 Å². The molecule has 0 unspecified atom stereocenters. The number of para-hydroxylation sites is 1. The molecular formula is C22H18FN3O2S. The number of thiophene rings is 1. The van der Waals surface area contributed by atoms with Gasteiger partial charge in [-0.05, 0) is 48.7 Å². The SMILES string of the molecule is Cc1ccccc1NC(=O)c1sc2ncn(Cc3ccc(F)cc3)c(=O)c2c1C. The number of nitrogens with zero attached hydrogens (tertiary/aromatic N) is 2. The minimum Gasteiger partial charge on any atom is -0.321 e. The third-order valence-corrected chi connectivity index (χ3v) is 5.98. The lowest BCUT2D eigenvalue weighted by Crippen LogP contribution is -2.21. The van der Waals surface area contributed by atoms with E-state index in [1.807, 2.05) is 31.2 Å².